The minimum absolute atomic E-state index is 0. The normalized spacial score (nSPS) is 16.9. The van der Waals surface area contributed by atoms with Gasteiger partial charge in [-0.25, -0.2) is 13.1 Å². The summed E-state index contributed by atoms with van der Waals surface area (Å²) >= 11 is 0. The van der Waals surface area contributed by atoms with E-state index in [9.17, 15) is 18.5 Å². The van der Waals surface area contributed by atoms with Crippen molar-refractivity contribution < 1.29 is 18.1 Å². The lowest BCUT2D eigenvalue weighted by atomic mass is 9.80. The number of rotatable bonds is 7. The summed E-state index contributed by atoms with van der Waals surface area (Å²) < 4.78 is 32.9. The van der Waals surface area contributed by atoms with Gasteiger partial charge in [-0.3, -0.25) is 10.1 Å². The van der Waals surface area contributed by atoms with Crippen LogP contribution in [0.5, 0.6) is 0 Å². The summed E-state index contributed by atoms with van der Waals surface area (Å²) in [6.07, 6.45) is 1.61. The van der Waals surface area contributed by atoms with Crippen molar-refractivity contribution in [2.75, 3.05) is 33.4 Å². The molecule has 0 aromatic heterocycles. The Morgan fingerprint density at radius 2 is 2.00 bits per heavy atom. The van der Waals surface area contributed by atoms with Gasteiger partial charge in [-0.2, -0.15) is 0 Å². The van der Waals surface area contributed by atoms with E-state index in [1.807, 2.05) is 0 Å². The van der Waals surface area contributed by atoms with Crippen molar-refractivity contribution in [3.8, 4) is 0 Å². The fourth-order valence-electron chi connectivity index (χ4n) is 2.92. The largest absolute Gasteiger partial charge is 0.384 e. The van der Waals surface area contributed by atoms with Crippen LogP contribution in [0.3, 0.4) is 0 Å². The molecule has 2 rings (SSSR count). The van der Waals surface area contributed by atoms with Crippen LogP contribution in [0.15, 0.2) is 23.1 Å². The number of methoxy groups -OCH3 is 1. The highest BCUT2D eigenvalue weighted by Gasteiger charge is 2.33. The molecule has 0 amide bonds. The lowest BCUT2D eigenvalue weighted by molar-refractivity contribution is -0.385. The molecule has 1 aliphatic heterocycles. The third kappa shape index (κ3) is 5.35. The van der Waals surface area contributed by atoms with E-state index in [0.717, 1.165) is 32.0 Å². The van der Waals surface area contributed by atoms with Crippen molar-refractivity contribution >= 4 is 28.1 Å². The number of sulfonamides is 1. The first-order valence-corrected chi connectivity index (χ1v) is 9.22. The Morgan fingerprint density at radius 3 is 2.56 bits per heavy atom. The first-order valence-electron chi connectivity index (χ1n) is 7.74. The second-order valence-corrected chi connectivity index (χ2v) is 7.98. The number of hydrogen-bond acceptors (Lipinski definition) is 6. The molecule has 1 saturated heterocycles. The molecule has 1 heterocycles. The monoisotopic (exact) mass is 393 g/mol. The number of nitrogens with zero attached hydrogens (tertiary/aromatic N) is 1. The van der Waals surface area contributed by atoms with Crippen molar-refractivity contribution in [3.63, 3.8) is 0 Å². The van der Waals surface area contributed by atoms with Gasteiger partial charge in [0.15, 0.2) is 0 Å². The summed E-state index contributed by atoms with van der Waals surface area (Å²) in [4.78, 5) is 10.3. The molecule has 1 aromatic rings. The Balaban J connectivity index is 0.00000312. The summed E-state index contributed by atoms with van der Waals surface area (Å²) in [6.45, 7) is 3.89. The van der Waals surface area contributed by atoms with E-state index in [-0.39, 0.29) is 34.9 Å². The number of nitro benzene ring substituents is 1. The topological polar surface area (TPSA) is 111 Å². The predicted molar refractivity (Wildman–Crippen MR) is 96.7 cm³/mol. The number of piperidine rings is 1. The molecular formula is C15H24ClN3O5S. The van der Waals surface area contributed by atoms with Gasteiger partial charge in [0.1, 0.15) is 0 Å². The molecule has 1 aromatic carbocycles. The Hall–Kier alpha value is -1.26. The number of ether oxygens (including phenoxy) is 1. The van der Waals surface area contributed by atoms with Crippen LogP contribution in [0, 0.1) is 22.5 Å². The third-order valence-corrected chi connectivity index (χ3v) is 5.84. The zero-order chi connectivity index (χ0) is 17.8. The van der Waals surface area contributed by atoms with Gasteiger partial charge in [-0.05, 0) is 38.9 Å². The molecule has 0 bridgehead atoms. The van der Waals surface area contributed by atoms with Gasteiger partial charge in [0.2, 0.25) is 10.0 Å². The minimum Gasteiger partial charge on any atom is -0.384 e. The Kier molecular flexibility index (Phi) is 7.76. The van der Waals surface area contributed by atoms with Crippen LogP contribution in [0.2, 0.25) is 0 Å². The van der Waals surface area contributed by atoms with Crippen LogP contribution in [0.4, 0.5) is 5.69 Å². The van der Waals surface area contributed by atoms with Crippen molar-refractivity contribution in [1.29, 1.82) is 0 Å². The summed E-state index contributed by atoms with van der Waals surface area (Å²) in [6, 6.07) is 3.93. The van der Waals surface area contributed by atoms with Gasteiger partial charge < -0.3 is 10.1 Å². The molecule has 1 aliphatic rings. The summed E-state index contributed by atoms with van der Waals surface area (Å²) in [5.41, 5.74) is -0.0385. The maximum atomic E-state index is 12.5. The molecule has 2 N–H and O–H groups in total. The van der Waals surface area contributed by atoms with E-state index in [1.165, 1.54) is 12.1 Å². The van der Waals surface area contributed by atoms with Crippen LogP contribution in [-0.2, 0) is 14.8 Å². The first kappa shape index (κ1) is 21.8. The molecule has 0 radical (unpaired) electrons. The molecule has 0 saturated carbocycles. The van der Waals surface area contributed by atoms with Gasteiger partial charge in [-0.1, -0.05) is 6.07 Å². The molecule has 0 spiro atoms. The smallest absolute Gasteiger partial charge is 0.273 e. The lowest BCUT2D eigenvalue weighted by Crippen LogP contribution is -2.47. The summed E-state index contributed by atoms with van der Waals surface area (Å²) in [5.74, 6) is 0. The van der Waals surface area contributed by atoms with Gasteiger partial charge >= 0.3 is 0 Å². The van der Waals surface area contributed by atoms with Crippen LogP contribution in [0.25, 0.3) is 0 Å². The van der Waals surface area contributed by atoms with E-state index in [2.05, 4.69) is 10.0 Å². The van der Waals surface area contributed by atoms with E-state index in [1.54, 1.807) is 14.0 Å². The van der Waals surface area contributed by atoms with Crippen molar-refractivity contribution in [2.45, 2.75) is 24.7 Å². The lowest BCUT2D eigenvalue weighted by Gasteiger charge is -2.37. The summed E-state index contributed by atoms with van der Waals surface area (Å²) in [7, 11) is -2.22. The zero-order valence-electron chi connectivity index (χ0n) is 14.3. The average molecular weight is 394 g/mol. The standard InChI is InChI=1S/C15H23N3O5S.ClH/c1-12-3-4-13(9-14(12)18(19)20)24(21,22)17-10-15(11-23-2)5-7-16-8-6-15;/h3-4,9,16-17H,5-8,10-11H2,1-2H3;1H. The summed E-state index contributed by atoms with van der Waals surface area (Å²) in [5, 5.41) is 14.3. The first-order chi connectivity index (χ1) is 11.3. The number of hydrogen-bond donors (Lipinski definition) is 2. The Labute approximate surface area is 153 Å². The van der Waals surface area contributed by atoms with Gasteiger partial charge in [0.25, 0.3) is 5.69 Å². The van der Waals surface area contributed by atoms with E-state index < -0.39 is 14.9 Å². The van der Waals surface area contributed by atoms with Gasteiger partial charge in [-0.15, -0.1) is 12.4 Å². The van der Waals surface area contributed by atoms with Gasteiger partial charge in [0.05, 0.1) is 16.4 Å². The maximum Gasteiger partial charge on any atom is 0.273 e. The maximum absolute atomic E-state index is 12.5. The molecular weight excluding hydrogens is 370 g/mol. The molecule has 0 atom stereocenters. The molecule has 25 heavy (non-hydrogen) atoms. The highest BCUT2D eigenvalue weighted by molar-refractivity contribution is 7.89. The molecule has 142 valence electrons. The number of aryl methyl sites for hydroxylation is 1. The number of nitrogens with one attached hydrogen (secondary N) is 2. The quantitative estimate of drug-likeness (QED) is 0.538. The molecule has 8 nitrogen and oxygen atoms in total. The minimum atomic E-state index is -3.82. The van der Waals surface area contributed by atoms with Crippen molar-refractivity contribution in [3.05, 3.63) is 33.9 Å². The number of benzene rings is 1. The van der Waals surface area contributed by atoms with Crippen LogP contribution in [-0.4, -0.2) is 46.7 Å². The Morgan fingerprint density at radius 1 is 1.36 bits per heavy atom. The highest BCUT2D eigenvalue weighted by atomic mass is 35.5. The fraction of sp³-hybridized carbons (Fsp3) is 0.600. The number of nitro groups is 1. The third-order valence-electron chi connectivity index (χ3n) is 4.44. The van der Waals surface area contributed by atoms with E-state index in [0.29, 0.717) is 12.2 Å². The zero-order valence-corrected chi connectivity index (χ0v) is 15.9. The van der Waals surface area contributed by atoms with Crippen LogP contribution >= 0.6 is 12.4 Å². The SMILES string of the molecule is COCC1(CNS(=O)(=O)c2ccc(C)c([N+](=O)[O-])c2)CCNCC1.Cl. The second kappa shape index (κ2) is 8.91. The van der Waals surface area contributed by atoms with E-state index >= 15 is 0 Å². The molecule has 0 aliphatic carbocycles. The molecule has 10 heteroatoms. The number of halogens is 1. The fourth-order valence-corrected chi connectivity index (χ4v) is 4.10. The van der Waals surface area contributed by atoms with Gasteiger partial charge in [0, 0.05) is 30.7 Å². The van der Waals surface area contributed by atoms with Crippen molar-refractivity contribution in [2.24, 2.45) is 5.41 Å². The van der Waals surface area contributed by atoms with Crippen LogP contribution < -0.4 is 10.0 Å². The molecule has 1 fully saturated rings. The Bertz CT molecular complexity index is 700. The average Bonchev–Trinajstić information content (AvgIpc) is 2.54. The molecule has 0 unspecified atom stereocenters. The second-order valence-electron chi connectivity index (χ2n) is 6.21. The highest BCUT2D eigenvalue weighted by Crippen LogP contribution is 2.29. The predicted octanol–water partition coefficient (Wildman–Crippen LogP) is 1.62. The van der Waals surface area contributed by atoms with Crippen LogP contribution in [0.1, 0.15) is 18.4 Å². The van der Waals surface area contributed by atoms with Crippen molar-refractivity contribution in [1.82, 2.24) is 10.0 Å². The van der Waals surface area contributed by atoms with E-state index in [4.69, 9.17) is 4.74 Å².